The van der Waals surface area contributed by atoms with E-state index < -0.39 is 0 Å². The fraction of sp³-hybridized carbons (Fsp3) is 0.0556. The Hall–Kier alpha value is -0.710. The smallest absolute Gasteiger partial charge is 0.0773 e. The summed E-state index contributed by atoms with van der Waals surface area (Å²) in [6, 6.07) is 8.11. The third-order valence-electron chi connectivity index (χ3n) is 3.72. The molecule has 0 radical (unpaired) electrons. The van der Waals surface area contributed by atoms with Gasteiger partial charge in [0.1, 0.15) is 0 Å². The second kappa shape index (κ2) is 8.12. The lowest BCUT2D eigenvalue weighted by Crippen LogP contribution is -1.96. The monoisotopic (exact) mass is 465 g/mol. The molecule has 2 aromatic carbocycles. The van der Waals surface area contributed by atoms with Gasteiger partial charge in [-0.15, -0.1) is 0 Å². The molecular weight excluding hydrogens is 459 g/mol. The van der Waals surface area contributed by atoms with Gasteiger partial charge in [0.2, 0.25) is 0 Å². The summed E-state index contributed by atoms with van der Waals surface area (Å²) in [4.78, 5) is 4.44. The summed E-state index contributed by atoms with van der Waals surface area (Å²) < 4.78 is 0. The Morgan fingerprint density at radius 2 is 1.15 bits per heavy atom. The van der Waals surface area contributed by atoms with Gasteiger partial charge in [0, 0.05) is 28.5 Å². The van der Waals surface area contributed by atoms with E-state index in [-0.39, 0.29) is 6.61 Å². The number of halogens is 6. The lowest BCUT2D eigenvalue weighted by Gasteiger charge is -2.13. The molecule has 0 aliphatic carbocycles. The molecule has 0 atom stereocenters. The molecule has 1 N–H and O–H groups in total. The van der Waals surface area contributed by atoms with Crippen LogP contribution in [0.15, 0.2) is 36.5 Å². The van der Waals surface area contributed by atoms with Gasteiger partial charge in [0.15, 0.2) is 0 Å². The van der Waals surface area contributed by atoms with E-state index in [4.69, 9.17) is 69.6 Å². The number of pyridine rings is 1. The minimum Gasteiger partial charge on any atom is -0.392 e. The molecule has 0 aliphatic rings. The van der Waals surface area contributed by atoms with Crippen molar-refractivity contribution in [1.29, 1.82) is 0 Å². The molecule has 1 aromatic heterocycles. The van der Waals surface area contributed by atoms with E-state index in [0.717, 1.165) is 0 Å². The minimum atomic E-state index is -0.258. The average molecular weight is 468 g/mol. The number of hydrogen-bond donors (Lipinski definition) is 1. The van der Waals surface area contributed by atoms with Crippen LogP contribution in [-0.4, -0.2) is 10.1 Å². The highest BCUT2D eigenvalue weighted by Crippen LogP contribution is 2.39. The van der Waals surface area contributed by atoms with Crippen LogP contribution in [0.1, 0.15) is 5.56 Å². The van der Waals surface area contributed by atoms with Crippen molar-refractivity contribution in [3.8, 4) is 22.4 Å². The third-order valence-corrected chi connectivity index (χ3v) is 5.79. The summed E-state index contributed by atoms with van der Waals surface area (Å²) in [6.45, 7) is -0.258. The number of hydrogen-bond acceptors (Lipinski definition) is 2. The van der Waals surface area contributed by atoms with Crippen molar-refractivity contribution in [3.63, 3.8) is 0 Å². The number of benzene rings is 2. The van der Waals surface area contributed by atoms with Crippen LogP contribution in [-0.2, 0) is 6.61 Å². The summed E-state index contributed by atoms with van der Waals surface area (Å²) in [5.41, 5.74) is 2.94. The molecule has 0 fully saturated rings. The number of aliphatic hydroxyl groups excluding tert-OH is 1. The normalized spacial score (nSPS) is 11.0. The molecule has 0 amide bonds. The van der Waals surface area contributed by atoms with E-state index in [1.807, 2.05) is 0 Å². The molecule has 0 saturated heterocycles. The number of aliphatic hydroxyl groups is 1. The largest absolute Gasteiger partial charge is 0.392 e. The van der Waals surface area contributed by atoms with Gasteiger partial charge in [0.25, 0.3) is 0 Å². The predicted octanol–water partition coefficient (Wildman–Crippen LogP) is 7.83. The summed E-state index contributed by atoms with van der Waals surface area (Å²) in [5, 5.41) is 12.0. The molecule has 0 unspecified atom stereocenters. The maximum absolute atomic E-state index is 9.81. The van der Waals surface area contributed by atoms with E-state index in [1.54, 1.807) is 30.5 Å². The highest BCUT2D eigenvalue weighted by molar-refractivity contribution is 6.44. The molecular formula is C18H9Cl6NO. The van der Waals surface area contributed by atoms with Crippen LogP contribution in [0.2, 0.25) is 30.1 Å². The Morgan fingerprint density at radius 3 is 1.73 bits per heavy atom. The zero-order valence-corrected chi connectivity index (χ0v) is 17.4. The number of rotatable bonds is 3. The van der Waals surface area contributed by atoms with Gasteiger partial charge < -0.3 is 5.11 Å². The predicted molar refractivity (Wildman–Crippen MR) is 111 cm³/mol. The van der Waals surface area contributed by atoms with E-state index in [2.05, 4.69) is 4.98 Å². The standard InChI is InChI=1S/C18H9Cl6NO/c19-12-4-16(23)14(21)2-10(12)8-1-9(7-26)18(25-6-8)11-3-15(22)17(24)5-13(11)20/h1-6,26H,7H2. The van der Waals surface area contributed by atoms with Gasteiger partial charge in [-0.25, -0.2) is 0 Å². The fourth-order valence-electron chi connectivity index (χ4n) is 2.47. The Bertz CT molecular complexity index is 1010. The van der Waals surface area contributed by atoms with Gasteiger partial charge >= 0.3 is 0 Å². The Morgan fingerprint density at radius 1 is 0.654 bits per heavy atom. The maximum Gasteiger partial charge on any atom is 0.0773 e. The molecule has 0 aliphatic heterocycles. The van der Waals surface area contributed by atoms with E-state index >= 15 is 0 Å². The Kier molecular flexibility index (Phi) is 6.25. The Balaban J connectivity index is 2.16. The van der Waals surface area contributed by atoms with E-state index in [9.17, 15) is 5.11 Å². The molecule has 2 nitrogen and oxygen atoms in total. The molecule has 0 saturated carbocycles. The fourth-order valence-corrected chi connectivity index (χ4v) is 3.76. The van der Waals surface area contributed by atoms with Gasteiger partial charge in [-0.05, 0) is 30.3 Å². The second-order valence-corrected chi connectivity index (χ2v) is 7.83. The van der Waals surface area contributed by atoms with Crippen LogP contribution in [0.3, 0.4) is 0 Å². The van der Waals surface area contributed by atoms with Crippen LogP contribution in [0.25, 0.3) is 22.4 Å². The number of nitrogens with zero attached hydrogens (tertiary/aromatic N) is 1. The zero-order valence-electron chi connectivity index (χ0n) is 12.8. The third kappa shape index (κ3) is 3.93. The topological polar surface area (TPSA) is 33.1 Å². The van der Waals surface area contributed by atoms with Crippen molar-refractivity contribution >= 4 is 69.6 Å². The lowest BCUT2D eigenvalue weighted by atomic mass is 10.0. The van der Waals surface area contributed by atoms with Crippen molar-refractivity contribution in [2.24, 2.45) is 0 Å². The summed E-state index contributed by atoms with van der Waals surface area (Å²) >= 11 is 36.6. The first-order valence-electron chi connectivity index (χ1n) is 7.21. The minimum absolute atomic E-state index is 0.258. The van der Waals surface area contributed by atoms with Crippen LogP contribution in [0.4, 0.5) is 0 Å². The Labute approximate surface area is 180 Å². The van der Waals surface area contributed by atoms with Crippen molar-refractivity contribution in [1.82, 2.24) is 4.98 Å². The van der Waals surface area contributed by atoms with Crippen molar-refractivity contribution in [2.45, 2.75) is 6.61 Å². The molecule has 0 spiro atoms. The maximum atomic E-state index is 9.81. The molecule has 8 heteroatoms. The quantitative estimate of drug-likeness (QED) is 0.398. The molecule has 1 heterocycles. The van der Waals surface area contributed by atoms with Crippen LogP contribution < -0.4 is 0 Å². The zero-order chi connectivity index (χ0) is 19.0. The molecule has 0 bridgehead atoms. The van der Waals surface area contributed by atoms with Crippen molar-refractivity contribution < 1.29 is 5.11 Å². The average Bonchev–Trinajstić information content (AvgIpc) is 2.61. The molecule has 3 aromatic rings. The van der Waals surface area contributed by atoms with Crippen molar-refractivity contribution in [2.75, 3.05) is 0 Å². The second-order valence-electron chi connectivity index (χ2n) is 5.38. The molecule has 3 rings (SSSR count). The summed E-state index contributed by atoms with van der Waals surface area (Å²) in [6.07, 6.45) is 1.61. The van der Waals surface area contributed by atoms with E-state index in [1.165, 1.54) is 6.07 Å². The molecule has 26 heavy (non-hydrogen) atoms. The highest BCUT2D eigenvalue weighted by atomic mass is 35.5. The van der Waals surface area contributed by atoms with E-state index in [0.29, 0.717) is 58.1 Å². The van der Waals surface area contributed by atoms with Crippen LogP contribution in [0.5, 0.6) is 0 Å². The first-order valence-corrected chi connectivity index (χ1v) is 9.48. The summed E-state index contributed by atoms with van der Waals surface area (Å²) in [7, 11) is 0. The van der Waals surface area contributed by atoms with Gasteiger partial charge in [-0.2, -0.15) is 0 Å². The van der Waals surface area contributed by atoms with Crippen molar-refractivity contribution in [3.05, 3.63) is 72.2 Å². The SMILES string of the molecule is OCc1cc(-c2cc(Cl)c(Cl)cc2Cl)cnc1-c1cc(Cl)c(Cl)cc1Cl. The highest BCUT2D eigenvalue weighted by Gasteiger charge is 2.16. The first kappa shape index (κ1) is 20.0. The van der Waals surface area contributed by atoms with Crippen LogP contribution >= 0.6 is 69.6 Å². The van der Waals surface area contributed by atoms with Gasteiger partial charge in [-0.3, -0.25) is 4.98 Å². The first-order chi connectivity index (χ1) is 12.3. The van der Waals surface area contributed by atoms with Crippen LogP contribution in [0, 0.1) is 0 Å². The van der Waals surface area contributed by atoms with Gasteiger partial charge in [0.05, 0.1) is 42.4 Å². The van der Waals surface area contributed by atoms with Gasteiger partial charge in [-0.1, -0.05) is 69.6 Å². The molecule has 134 valence electrons. The number of aromatic nitrogens is 1. The summed E-state index contributed by atoms with van der Waals surface area (Å²) in [5.74, 6) is 0. The lowest BCUT2D eigenvalue weighted by molar-refractivity contribution is 0.282.